The predicted molar refractivity (Wildman–Crippen MR) is 72.5 cm³/mol. The van der Waals surface area contributed by atoms with Crippen molar-refractivity contribution in [2.24, 2.45) is 0 Å². The number of rotatable bonds is 11. The summed E-state index contributed by atoms with van der Waals surface area (Å²) in [4.78, 5) is 11.6. The third-order valence-electron chi connectivity index (χ3n) is 2.76. The molecule has 0 spiro atoms. The molecule has 5 nitrogen and oxygen atoms in total. The van der Waals surface area contributed by atoms with Crippen LogP contribution in [0.1, 0.15) is 39.5 Å². The van der Waals surface area contributed by atoms with Crippen molar-refractivity contribution in [3.05, 3.63) is 0 Å². The molecule has 18 heavy (non-hydrogen) atoms. The number of hydrogen-bond donors (Lipinski definition) is 3. The molecular weight excluding hydrogens is 232 g/mol. The lowest BCUT2D eigenvalue weighted by atomic mass is 10.2. The zero-order chi connectivity index (χ0) is 13.8. The van der Waals surface area contributed by atoms with Crippen LogP contribution in [-0.2, 0) is 9.53 Å². The van der Waals surface area contributed by atoms with Gasteiger partial charge in [-0.15, -0.1) is 0 Å². The maximum atomic E-state index is 11.6. The average Bonchev–Trinajstić information content (AvgIpc) is 2.34. The third-order valence-corrected chi connectivity index (χ3v) is 2.76. The molecule has 0 radical (unpaired) electrons. The van der Waals surface area contributed by atoms with Gasteiger partial charge in [0.1, 0.15) is 0 Å². The van der Waals surface area contributed by atoms with Gasteiger partial charge in [-0.2, -0.15) is 0 Å². The lowest BCUT2D eigenvalue weighted by Gasteiger charge is -2.15. The van der Waals surface area contributed by atoms with Crippen LogP contribution in [0, 0.1) is 0 Å². The van der Waals surface area contributed by atoms with Gasteiger partial charge >= 0.3 is 0 Å². The highest BCUT2D eigenvalue weighted by molar-refractivity contribution is 5.81. The van der Waals surface area contributed by atoms with Gasteiger partial charge in [0.15, 0.2) is 0 Å². The number of ether oxygens (including phenoxy) is 1. The normalized spacial score (nSPS) is 14.2. The number of unbranched alkanes of at least 4 members (excludes halogenated alkanes) is 2. The van der Waals surface area contributed by atoms with E-state index in [1.54, 1.807) is 7.11 Å². The monoisotopic (exact) mass is 260 g/mol. The van der Waals surface area contributed by atoms with Crippen LogP contribution in [0.2, 0.25) is 0 Å². The molecule has 3 N–H and O–H groups in total. The Labute approximate surface area is 110 Å². The van der Waals surface area contributed by atoms with E-state index in [9.17, 15) is 9.90 Å². The highest BCUT2D eigenvalue weighted by Crippen LogP contribution is 1.93. The van der Waals surface area contributed by atoms with Crippen LogP contribution in [0.4, 0.5) is 0 Å². The molecule has 5 heteroatoms. The van der Waals surface area contributed by atoms with E-state index < -0.39 is 6.10 Å². The zero-order valence-corrected chi connectivity index (χ0v) is 11.9. The van der Waals surface area contributed by atoms with E-state index >= 15 is 0 Å². The fraction of sp³-hybridized carbons (Fsp3) is 0.923. The van der Waals surface area contributed by atoms with E-state index in [0.717, 1.165) is 25.8 Å². The predicted octanol–water partition coefficient (Wildman–Crippen LogP) is 0.668. The van der Waals surface area contributed by atoms with Crippen LogP contribution in [0.3, 0.4) is 0 Å². The van der Waals surface area contributed by atoms with Crippen molar-refractivity contribution in [3.63, 3.8) is 0 Å². The molecule has 0 aliphatic heterocycles. The third kappa shape index (κ3) is 9.39. The number of aliphatic hydroxyl groups excluding tert-OH is 1. The number of carbonyl (C=O) groups is 1. The number of methoxy groups -OCH3 is 1. The summed E-state index contributed by atoms with van der Waals surface area (Å²) in [5, 5.41) is 15.4. The molecule has 108 valence electrons. The van der Waals surface area contributed by atoms with E-state index in [1.165, 1.54) is 0 Å². The lowest BCUT2D eigenvalue weighted by Crippen LogP contribution is -2.43. The Morgan fingerprint density at radius 2 is 2.06 bits per heavy atom. The first-order valence-electron chi connectivity index (χ1n) is 6.79. The van der Waals surface area contributed by atoms with E-state index in [1.807, 2.05) is 6.92 Å². The lowest BCUT2D eigenvalue weighted by molar-refractivity contribution is -0.122. The number of nitrogens with one attached hydrogen (secondary N) is 2. The van der Waals surface area contributed by atoms with Crippen LogP contribution in [0.5, 0.6) is 0 Å². The van der Waals surface area contributed by atoms with Crippen LogP contribution in [-0.4, -0.2) is 50.0 Å². The van der Waals surface area contributed by atoms with Gasteiger partial charge in [0.25, 0.3) is 0 Å². The molecule has 2 atom stereocenters. The molecule has 0 heterocycles. The molecule has 0 aliphatic rings. The van der Waals surface area contributed by atoms with Crippen molar-refractivity contribution in [1.29, 1.82) is 0 Å². The fourth-order valence-electron chi connectivity index (χ4n) is 1.57. The van der Waals surface area contributed by atoms with Crippen molar-refractivity contribution >= 4 is 5.91 Å². The Morgan fingerprint density at radius 3 is 2.67 bits per heavy atom. The van der Waals surface area contributed by atoms with Gasteiger partial charge in [0.2, 0.25) is 5.91 Å². The van der Waals surface area contributed by atoms with Gasteiger partial charge in [0.05, 0.1) is 18.8 Å². The van der Waals surface area contributed by atoms with Gasteiger partial charge in [-0.25, -0.2) is 0 Å². The number of hydrogen-bond acceptors (Lipinski definition) is 4. The number of carbonyl (C=O) groups excluding carboxylic acids is 1. The summed E-state index contributed by atoms with van der Waals surface area (Å²) in [7, 11) is 1.56. The van der Waals surface area contributed by atoms with Crippen LogP contribution in [0.25, 0.3) is 0 Å². The maximum absolute atomic E-state index is 11.6. The van der Waals surface area contributed by atoms with Gasteiger partial charge in [0, 0.05) is 13.7 Å². The molecule has 0 aromatic rings. The van der Waals surface area contributed by atoms with Crippen molar-refractivity contribution in [2.45, 2.75) is 51.7 Å². The Morgan fingerprint density at radius 1 is 1.33 bits per heavy atom. The SMILES string of the molecule is CCCCCNC(=O)C(C)NCCC(O)COC. The second-order valence-corrected chi connectivity index (χ2v) is 4.57. The van der Waals surface area contributed by atoms with E-state index in [4.69, 9.17) is 4.74 Å². The molecule has 0 aromatic heterocycles. The molecule has 0 fully saturated rings. The van der Waals surface area contributed by atoms with E-state index in [2.05, 4.69) is 17.6 Å². The van der Waals surface area contributed by atoms with Crippen LogP contribution in [0.15, 0.2) is 0 Å². The molecule has 0 saturated carbocycles. The van der Waals surface area contributed by atoms with E-state index in [0.29, 0.717) is 19.6 Å². The highest BCUT2D eigenvalue weighted by atomic mass is 16.5. The van der Waals surface area contributed by atoms with Crippen molar-refractivity contribution in [2.75, 3.05) is 26.8 Å². The van der Waals surface area contributed by atoms with Gasteiger partial charge in [-0.1, -0.05) is 19.8 Å². The van der Waals surface area contributed by atoms with Gasteiger partial charge in [-0.05, 0) is 26.3 Å². The quantitative estimate of drug-likeness (QED) is 0.478. The summed E-state index contributed by atoms with van der Waals surface area (Å²) < 4.78 is 4.83. The average molecular weight is 260 g/mol. The molecule has 2 unspecified atom stereocenters. The summed E-state index contributed by atoms with van der Waals surface area (Å²) in [6.45, 7) is 5.65. The van der Waals surface area contributed by atoms with Crippen LogP contribution >= 0.6 is 0 Å². The Balaban J connectivity index is 3.55. The molecule has 0 rings (SSSR count). The minimum absolute atomic E-state index is 0.0207. The van der Waals surface area contributed by atoms with E-state index in [-0.39, 0.29) is 11.9 Å². The first-order valence-corrected chi connectivity index (χ1v) is 6.79. The summed E-state index contributed by atoms with van der Waals surface area (Å²) >= 11 is 0. The first kappa shape index (κ1) is 17.4. The standard InChI is InChI=1S/C13H28N2O3/c1-4-5-6-8-15-13(17)11(2)14-9-7-12(16)10-18-3/h11-12,14,16H,4-10H2,1-3H3,(H,15,17). The van der Waals surface area contributed by atoms with Crippen LogP contribution < -0.4 is 10.6 Å². The smallest absolute Gasteiger partial charge is 0.236 e. The fourth-order valence-corrected chi connectivity index (χ4v) is 1.57. The van der Waals surface area contributed by atoms with Gasteiger partial charge in [-0.3, -0.25) is 4.79 Å². The molecule has 0 saturated heterocycles. The van der Waals surface area contributed by atoms with Crippen molar-refractivity contribution in [1.82, 2.24) is 10.6 Å². The second kappa shape index (κ2) is 11.4. The Hall–Kier alpha value is -0.650. The minimum Gasteiger partial charge on any atom is -0.391 e. The summed E-state index contributed by atoms with van der Waals surface area (Å²) in [5.74, 6) is 0.0207. The molecule has 0 aromatic carbocycles. The van der Waals surface area contributed by atoms with Crippen molar-refractivity contribution < 1.29 is 14.6 Å². The van der Waals surface area contributed by atoms with Crippen molar-refractivity contribution in [3.8, 4) is 0 Å². The first-order chi connectivity index (χ1) is 8.61. The molecule has 0 bridgehead atoms. The molecular formula is C13H28N2O3. The number of aliphatic hydroxyl groups is 1. The van der Waals surface area contributed by atoms with Gasteiger partial charge < -0.3 is 20.5 Å². The number of amides is 1. The topological polar surface area (TPSA) is 70.6 Å². The zero-order valence-electron chi connectivity index (χ0n) is 11.9. The Bertz CT molecular complexity index is 212. The second-order valence-electron chi connectivity index (χ2n) is 4.57. The largest absolute Gasteiger partial charge is 0.391 e. The Kier molecular flexibility index (Phi) is 11.0. The highest BCUT2D eigenvalue weighted by Gasteiger charge is 2.11. The summed E-state index contributed by atoms with van der Waals surface area (Å²) in [6.07, 6.45) is 3.44. The summed E-state index contributed by atoms with van der Waals surface area (Å²) in [6, 6.07) is -0.221. The molecule has 1 amide bonds. The minimum atomic E-state index is -0.470. The maximum Gasteiger partial charge on any atom is 0.236 e. The molecule has 0 aliphatic carbocycles. The summed E-state index contributed by atoms with van der Waals surface area (Å²) in [5.41, 5.74) is 0.